The van der Waals surface area contributed by atoms with Gasteiger partial charge in [-0.2, -0.15) is 5.10 Å². The molecule has 3 aromatic heterocycles. The second kappa shape index (κ2) is 8.42. The van der Waals surface area contributed by atoms with Gasteiger partial charge in [0.1, 0.15) is 5.56 Å². The molecule has 1 amide bonds. The molecule has 1 unspecified atom stereocenters. The highest BCUT2D eigenvalue weighted by Crippen LogP contribution is 2.31. The van der Waals surface area contributed by atoms with Gasteiger partial charge < -0.3 is 5.32 Å². The second-order valence-corrected chi connectivity index (χ2v) is 9.15. The van der Waals surface area contributed by atoms with Crippen LogP contribution < -0.4 is 5.32 Å². The summed E-state index contributed by atoms with van der Waals surface area (Å²) < 4.78 is 1.64. The summed E-state index contributed by atoms with van der Waals surface area (Å²) in [5, 5.41) is 10.4. The van der Waals surface area contributed by atoms with Gasteiger partial charge in [0, 0.05) is 41.9 Å². The third-order valence-electron chi connectivity index (χ3n) is 5.79. The Hall–Kier alpha value is -2.74. The largest absolute Gasteiger partial charge is 0.350 e. The molecule has 0 spiro atoms. The van der Waals surface area contributed by atoms with Crippen LogP contribution in [0.1, 0.15) is 38.1 Å². The molecular formula is C23H22ClN5OS. The quantitative estimate of drug-likeness (QED) is 0.492. The molecule has 0 fully saturated rings. The number of halogens is 1. The minimum Gasteiger partial charge on any atom is -0.350 e. The first kappa shape index (κ1) is 20.2. The van der Waals surface area contributed by atoms with E-state index in [0.717, 1.165) is 25.1 Å². The first-order chi connectivity index (χ1) is 15.1. The van der Waals surface area contributed by atoms with E-state index in [0.29, 0.717) is 28.5 Å². The Kier molecular flexibility index (Phi) is 5.48. The molecule has 4 heterocycles. The summed E-state index contributed by atoms with van der Waals surface area (Å²) >= 11 is 7.95. The molecule has 1 atom stereocenters. The van der Waals surface area contributed by atoms with Crippen molar-refractivity contribution >= 4 is 34.5 Å². The molecule has 4 aromatic rings. The summed E-state index contributed by atoms with van der Waals surface area (Å²) in [6, 6.07) is 12.0. The molecule has 1 N–H and O–H groups in total. The van der Waals surface area contributed by atoms with Crippen molar-refractivity contribution in [3.8, 4) is 0 Å². The second-order valence-electron chi connectivity index (χ2n) is 7.72. The van der Waals surface area contributed by atoms with E-state index in [9.17, 15) is 4.79 Å². The van der Waals surface area contributed by atoms with Gasteiger partial charge in [-0.3, -0.25) is 9.69 Å². The summed E-state index contributed by atoms with van der Waals surface area (Å²) in [5.41, 5.74) is 4.28. The molecule has 0 radical (unpaired) electrons. The van der Waals surface area contributed by atoms with Crippen molar-refractivity contribution in [2.24, 2.45) is 0 Å². The zero-order valence-corrected chi connectivity index (χ0v) is 18.7. The number of fused-ring (bicyclic) bond motifs is 2. The number of hydrogen-bond donors (Lipinski definition) is 1. The van der Waals surface area contributed by atoms with Crippen molar-refractivity contribution < 1.29 is 4.79 Å². The molecule has 6 nitrogen and oxygen atoms in total. The third-order valence-corrected chi connectivity index (χ3v) is 7.06. The number of amides is 1. The molecular weight excluding hydrogens is 430 g/mol. The molecule has 158 valence electrons. The Morgan fingerprint density at radius 3 is 2.97 bits per heavy atom. The molecule has 0 bridgehead atoms. The Bertz CT molecular complexity index is 1230. The maximum Gasteiger partial charge on any atom is 0.257 e. The van der Waals surface area contributed by atoms with Gasteiger partial charge in [-0.15, -0.1) is 11.3 Å². The topological polar surface area (TPSA) is 62.5 Å². The molecule has 8 heteroatoms. The van der Waals surface area contributed by atoms with Gasteiger partial charge in [-0.25, -0.2) is 9.50 Å². The van der Waals surface area contributed by atoms with Crippen LogP contribution in [0.4, 0.5) is 0 Å². The number of nitrogens with one attached hydrogen (secondary N) is 1. The Labute approximate surface area is 189 Å². The molecule has 1 aromatic carbocycles. The lowest BCUT2D eigenvalue weighted by atomic mass is 10.0. The lowest BCUT2D eigenvalue weighted by Crippen LogP contribution is -2.40. The molecule has 1 aliphatic rings. The minimum atomic E-state index is -0.154. The summed E-state index contributed by atoms with van der Waals surface area (Å²) in [6.45, 7) is 4.15. The highest BCUT2D eigenvalue weighted by molar-refractivity contribution is 7.10. The number of rotatable bonds is 5. The smallest absolute Gasteiger partial charge is 0.257 e. The number of carbonyl (C=O) groups is 1. The Morgan fingerprint density at radius 1 is 1.29 bits per heavy atom. The summed E-state index contributed by atoms with van der Waals surface area (Å²) in [6.07, 6.45) is 4.51. The first-order valence-electron chi connectivity index (χ1n) is 10.2. The van der Waals surface area contributed by atoms with Crippen molar-refractivity contribution in [2.45, 2.75) is 25.9 Å². The zero-order chi connectivity index (χ0) is 21.4. The highest BCUT2D eigenvalue weighted by Gasteiger charge is 2.27. The van der Waals surface area contributed by atoms with Gasteiger partial charge >= 0.3 is 0 Å². The van der Waals surface area contributed by atoms with E-state index in [2.05, 4.69) is 31.7 Å². The number of aromatic nitrogens is 3. The monoisotopic (exact) mass is 451 g/mol. The number of aryl methyl sites for hydroxylation is 1. The van der Waals surface area contributed by atoms with Crippen molar-refractivity contribution in [3.63, 3.8) is 0 Å². The van der Waals surface area contributed by atoms with Crippen LogP contribution in [0.5, 0.6) is 0 Å². The molecule has 5 rings (SSSR count). The predicted molar refractivity (Wildman–Crippen MR) is 123 cm³/mol. The van der Waals surface area contributed by atoms with Gasteiger partial charge in [0.2, 0.25) is 0 Å². The fourth-order valence-electron chi connectivity index (χ4n) is 4.22. The Balaban J connectivity index is 1.40. The minimum absolute atomic E-state index is 0.0457. The number of carbonyl (C=O) groups excluding carboxylic acids is 1. The first-order valence-corrected chi connectivity index (χ1v) is 11.5. The van der Waals surface area contributed by atoms with Crippen LogP contribution in [0.3, 0.4) is 0 Å². The lowest BCUT2D eigenvalue weighted by Gasteiger charge is -2.35. The van der Waals surface area contributed by atoms with Gasteiger partial charge in [-0.05, 0) is 54.1 Å². The number of benzene rings is 1. The van der Waals surface area contributed by atoms with Crippen LogP contribution in [0.15, 0.2) is 54.2 Å². The van der Waals surface area contributed by atoms with Crippen LogP contribution in [-0.2, 0) is 13.0 Å². The third kappa shape index (κ3) is 3.96. The van der Waals surface area contributed by atoms with E-state index in [4.69, 9.17) is 11.6 Å². The molecule has 1 aliphatic heterocycles. The standard InChI is InChI=1S/C23H22ClN5OS/c1-15-21(22-25-9-2-10-29(22)27-15)23(30)26-13-19(16-3-5-18(24)6-4-16)28-11-7-20-17(14-28)8-12-31-20/h2-6,8-10,12,19H,7,11,13-14H2,1H3,(H,26,30). The van der Waals surface area contributed by atoms with Crippen LogP contribution >= 0.6 is 22.9 Å². The number of nitrogens with zero attached hydrogens (tertiary/aromatic N) is 4. The van der Waals surface area contributed by atoms with E-state index in [1.54, 1.807) is 23.0 Å². The van der Waals surface area contributed by atoms with Crippen molar-refractivity contribution in [1.82, 2.24) is 24.8 Å². The SMILES string of the molecule is Cc1nn2cccnc2c1C(=O)NCC(c1ccc(Cl)cc1)N1CCc2sccc2C1. The summed E-state index contributed by atoms with van der Waals surface area (Å²) in [4.78, 5) is 21.4. The zero-order valence-electron chi connectivity index (χ0n) is 17.1. The van der Waals surface area contributed by atoms with Gasteiger partial charge in [-0.1, -0.05) is 23.7 Å². The average Bonchev–Trinajstić information content (AvgIpc) is 3.37. The van der Waals surface area contributed by atoms with Crippen LogP contribution in [0.2, 0.25) is 5.02 Å². The summed E-state index contributed by atoms with van der Waals surface area (Å²) in [5.74, 6) is -0.154. The maximum atomic E-state index is 13.1. The number of thiophene rings is 1. The average molecular weight is 452 g/mol. The maximum absolute atomic E-state index is 13.1. The fourth-order valence-corrected chi connectivity index (χ4v) is 5.23. The molecule has 0 saturated carbocycles. The molecule has 0 aliphatic carbocycles. The van der Waals surface area contributed by atoms with Gasteiger partial charge in [0.15, 0.2) is 5.65 Å². The molecule has 31 heavy (non-hydrogen) atoms. The van der Waals surface area contributed by atoms with E-state index >= 15 is 0 Å². The number of hydrogen-bond acceptors (Lipinski definition) is 5. The fraction of sp³-hybridized carbons (Fsp3) is 0.261. The van der Waals surface area contributed by atoms with E-state index in [-0.39, 0.29) is 11.9 Å². The Morgan fingerprint density at radius 2 is 2.13 bits per heavy atom. The van der Waals surface area contributed by atoms with E-state index in [1.807, 2.05) is 42.5 Å². The van der Waals surface area contributed by atoms with Crippen LogP contribution in [0, 0.1) is 6.92 Å². The molecule has 0 saturated heterocycles. The van der Waals surface area contributed by atoms with E-state index < -0.39 is 0 Å². The predicted octanol–water partition coefficient (Wildman–Crippen LogP) is 4.28. The van der Waals surface area contributed by atoms with Crippen molar-refractivity contribution in [1.29, 1.82) is 0 Å². The van der Waals surface area contributed by atoms with Crippen LogP contribution in [0.25, 0.3) is 5.65 Å². The lowest BCUT2D eigenvalue weighted by molar-refractivity contribution is 0.0929. The van der Waals surface area contributed by atoms with Gasteiger partial charge in [0.25, 0.3) is 5.91 Å². The summed E-state index contributed by atoms with van der Waals surface area (Å²) in [7, 11) is 0. The van der Waals surface area contributed by atoms with Crippen molar-refractivity contribution in [3.05, 3.63) is 86.5 Å². The normalized spacial score (nSPS) is 15.0. The highest BCUT2D eigenvalue weighted by atomic mass is 35.5. The van der Waals surface area contributed by atoms with Crippen LogP contribution in [-0.4, -0.2) is 38.5 Å². The van der Waals surface area contributed by atoms with E-state index in [1.165, 1.54) is 10.4 Å². The van der Waals surface area contributed by atoms with Crippen molar-refractivity contribution in [2.75, 3.05) is 13.1 Å². The van der Waals surface area contributed by atoms with Gasteiger partial charge in [0.05, 0.1) is 11.7 Å².